The van der Waals surface area contributed by atoms with Crippen LogP contribution in [-0.4, -0.2) is 6.54 Å². The van der Waals surface area contributed by atoms with Crippen LogP contribution in [0, 0.1) is 18.6 Å². The molecule has 0 unspecified atom stereocenters. The molecule has 0 saturated carbocycles. The van der Waals surface area contributed by atoms with Gasteiger partial charge in [0.25, 0.3) is 0 Å². The first-order valence-corrected chi connectivity index (χ1v) is 5.79. The van der Waals surface area contributed by atoms with E-state index in [1.807, 2.05) is 0 Å². The summed E-state index contributed by atoms with van der Waals surface area (Å²) in [6, 6.07) is 2.58. The SMILES string of the molecule is Cc1cc(CCCCCCN)c(F)cc1F. The summed E-state index contributed by atoms with van der Waals surface area (Å²) in [6.07, 6.45) is 4.76. The summed E-state index contributed by atoms with van der Waals surface area (Å²) in [5.41, 5.74) is 6.51. The summed E-state index contributed by atoms with van der Waals surface area (Å²) in [6.45, 7) is 2.37. The molecule has 0 aromatic heterocycles. The van der Waals surface area contributed by atoms with Gasteiger partial charge in [0.15, 0.2) is 0 Å². The summed E-state index contributed by atoms with van der Waals surface area (Å²) in [5, 5.41) is 0. The lowest BCUT2D eigenvalue weighted by Gasteiger charge is -2.05. The molecule has 0 aliphatic heterocycles. The summed E-state index contributed by atoms with van der Waals surface area (Å²) in [7, 11) is 0. The van der Waals surface area contributed by atoms with Crippen molar-refractivity contribution in [2.24, 2.45) is 5.73 Å². The van der Waals surface area contributed by atoms with Gasteiger partial charge >= 0.3 is 0 Å². The summed E-state index contributed by atoms with van der Waals surface area (Å²) >= 11 is 0. The summed E-state index contributed by atoms with van der Waals surface area (Å²) < 4.78 is 26.3. The van der Waals surface area contributed by atoms with E-state index < -0.39 is 11.6 Å². The van der Waals surface area contributed by atoms with E-state index in [0.717, 1.165) is 31.7 Å². The van der Waals surface area contributed by atoms with E-state index in [1.54, 1.807) is 13.0 Å². The van der Waals surface area contributed by atoms with E-state index in [-0.39, 0.29) is 0 Å². The highest BCUT2D eigenvalue weighted by Crippen LogP contribution is 2.16. The first kappa shape index (κ1) is 13.1. The third-order valence-electron chi connectivity index (χ3n) is 2.73. The van der Waals surface area contributed by atoms with Gasteiger partial charge in [0.1, 0.15) is 11.6 Å². The monoisotopic (exact) mass is 227 g/mol. The number of nitrogens with two attached hydrogens (primary N) is 1. The standard InChI is InChI=1S/C13H19F2N/c1-10-8-11(13(15)9-12(10)14)6-4-2-3-5-7-16/h8-9H,2-7,16H2,1H3. The Labute approximate surface area is 95.7 Å². The molecule has 1 aromatic rings. The van der Waals surface area contributed by atoms with Crippen molar-refractivity contribution in [1.29, 1.82) is 0 Å². The Balaban J connectivity index is 2.45. The van der Waals surface area contributed by atoms with Crippen LogP contribution in [0.3, 0.4) is 0 Å². The molecule has 2 N–H and O–H groups in total. The van der Waals surface area contributed by atoms with Gasteiger partial charge in [0, 0.05) is 6.07 Å². The van der Waals surface area contributed by atoms with Crippen molar-refractivity contribution in [2.45, 2.75) is 39.0 Å². The van der Waals surface area contributed by atoms with Crippen LogP contribution < -0.4 is 5.73 Å². The number of unbranched alkanes of at least 4 members (excludes halogenated alkanes) is 3. The maximum absolute atomic E-state index is 13.3. The average Bonchev–Trinajstić information content (AvgIpc) is 2.25. The molecule has 0 bridgehead atoms. The Morgan fingerprint density at radius 3 is 2.38 bits per heavy atom. The van der Waals surface area contributed by atoms with Crippen molar-refractivity contribution >= 4 is 0 Å². The van der Waals surface area contributed by atoms with E-state index in [1.165, 1.54) is 0 Å². The molecule has 1 rings (SSSR count). The van der Waals surface area contributed by atoms with Gasteiger partial charge in [-0.2, -0.15) is 0 Å². The third-order valence-corrected chi connectivity index (χ3v) is 2.73. The van der Waals surface area contributed by atoms with Crippen LogP contribution in [0.4, 0.5) is 8.78 Å². The number of rotatable bonds is 6. The van der Waals surface area contributed by atoms with Crippen molar-refractivity contribution in [2.75, 3.05) is 6.54 Å². The molecule has 0 amide bonds. The summed E-state index contributed by atoms with van der Waals surface area (Å²) in [5.74, 6) is -0.897. The Morgan fingerprint density at radius 2 is 1.69 bits per heavy atom. The van der Waals surface area contributed by atoms with Gasteiger partial charge in [-0.25, -0.2) is 8.78 Å². The molecule has 0 aliphatic rings. The van der Waals surface area contributed by atoms with Crippen LogP contribution in [0.25, 0.3) is 0 Å². The fraction of sp³-hybridized carbons (Fsp3) is 0.538. The molecule has 16 heavy (non-hydrogen) atoms. The smallest absolute Gasteiger partial charge is 0.129 e. The first-order valence-electron chi connectivity index (χ1n) is 5.79. The lowest BCUT2D eigenvalue weighted by molar-refractivity contribution is 0.559. The molecule has 1 nitrogen and oxygen atoms in total. The van der Waals surface area contributed by atoms with Gasteiger partial charge in [0.05, 0.1) is 0 Å². The van der Waals surface area contributed by atoms with Gasteiger partial charge in [0.2, 0.25) is 0 Å². The Morgan fingerprint density at radius 1 is 1.00 bits per heavy atom. The van der Waals surface area contributed by atoms with E-state index in [2.05, 4.69) is 0 Å². The topological polar surface area (TPSA) is 26.0 Å². The molecule has 90 valence electrons. The fourth-order valence-corrected chi connectivity index (χ4v) is 1.72. The van der Waals surface area contributed by atoms with Crippen molar-refractivity contribution < 1.29 is 8.78 Å². The first-order chi connectivity index (χ1) is 7.65. The van der Waals surface area contributed by atoms with Crippen molar-refractivity contribution in [3.63, 3.8) is 0 Å². The third kappa shape index (κ3) is 3.89. The number of benzene rings is 1. The normalized spacial score (nSPS) is 10.8. The molecule has 0 atom stereocenters. The molecular formula is C13H19F2N. The number of aryl methyl sites for hydroxylation is 2. The highest BCUT2D eigenvalue weighted by Gasteiger charge is 2.06. The van der Waals surface area contributed by atoms with E-state index >= 15 is 0 Å². The van der Waals surface area contributed by atoms with Crippen molar-refractivity contribution in [3.8, 4) is 0 Å². The second-order valence-electron chi connectivity index (χ2n) is 4.15. The zero-order valence-electron chi connectivity index (χ0n) is 9.73. The number of hydrogen-bond donors (Lipinski definition) is 1. The molecule has 0 spiro atoms. The minimum Gasteiger partial charge on any atom is -0.330 e. The van der Waals surface area contributed by atoms with E-state index in [0.29, 0.717) is 24.1 Å². The lowest BCUT2D eigenvalue weighted by Crippen LogP contribution is -1.98. The molecule has 1 aromatic carbocycles. The fourth-order valence-electron chi connectivity index (χ4n) is 1.72. The Kier molecular flexibility index (Phi) is 5.39. The van der Waals surface area contributed by atoms with Gasteiger partial charge in [-0.1, -0.05) is 18.9 Å². The predicted molar refractivity (Wildman–Crippen MR) is 62.3 cm³/mol. The maximum atomic E-state index is 13.3. The molecule has 0 heterocycles. The zero-order valence-corrected chi connectivity index (χ0v) is 9.73. The molecule has 0 saturated heterocycles. The molecule has 0 aliphatic carbocycles. The minimum absolute atomic E-state index is 0.429. The Hall–Kier alpha value is -0.960. The van der Waals surface area contributed by atoms with Crippen LogP contribution in [0.5, 0.6) is 0 Å². The van der Waals surface area contributed by atoms with Crippen LogP contribution >= 0.6 is 0 Å². The largest absolute Gasteiger partial charge is 0.330 e. The molecule has 0 radical (unpaired) electrons. The molecule has 3 heteroatoms. The van der Waals surface area contributed by atoms with Gasteiger partial charge < -0.3 is 5.73 Å². The average molecular weight is 227 g/mol. The lowest BCUT2D eigenvalue weighted by atomic mass is 10.0. The van der Waals surface area contributed by atoms with E-state index in [9.17, 15) is 8.78 Å². The van der Waals surface area contributed by atoms with Crippen LogP contribution in [0.1, 0.15) is 36.8 Å². The van der Waals surface area contributed by atoms with Crippen LogP contribution in [0.2, 0.25) is 0 Å². The highest BCUT2D eigenvalue weighted by atomic mass is 19.1. The van der Waals surface area contributed by atoms with E-state index in [4.69, 9.17) is 5.73 Å². The van der Waals surface area contributed by atoms with Gasteiger partial charge in [-0.15, -0.1) is 0 Å². The van der Waals surface area contributed by atoms with Gasteiger partial charge in [-0.3, -0.25) is 0 Å². The molecule has 0 fully saturated rings. The van der Waals surface area contributed by atoms with Crippen LogP contribution in [-0.2, 0) is 6.42 Å². The van der Waals surface area contributed by atoms with Gasteiger partial charge in [-0.05, 0) is 43.9 Å². The minimum atomic E-state index is -0.468. The molecular weight excluding hydrogens is 208 g/mol. The second kappa shape index (κ2) is 6.59. The highest BCUT2D eigenvalue weighted by molar-refractivity contribution is 5.25. The Bertz CT molecular complexity index is 337. The van der Waals surface area contributed by atoms with Crippen LogP contribution in [0.15, 0.2) is 12.1 Å². The zero-order chi connectivity index (χ0) is 12.0. The predicted octanol–water partition coefficient (Wildman–Crippen LogP) is 3.33. The summed E-state index contributed by atoms with van der Waals surface area (Å²) in [4.78, 5) is 0. The van der Waals surface area contributed by atoms with Crippen molar-refractivity contribution in [1.82, 2.24) is 0 Å². The maximum Gasteiger partial charge on any atom is 0.129 e. The quantitative estimate of drug-likeness (QED) is 0.741. The second-order valence-corrected chi connectivity index (χ2v) is 4.15. The van der Waals surface area contributed by atoms with Crippen molar-refractivity contribution in [3.05, 3.63) is 34.9 Å². The number of hydrogen-bond acceptors (Lipinski definition) is 1. The number of halogens is 2.